The van der Waals surface area contributed by atoms with E-state index in [-0.39, 0.29) is 0 Å². The third-order valence-corrected chi connectivity index (χ3v) is 2.59. The van der Waals surface area contributed by atoms with Crippen molar-refractivity contribution in [2.45, 2.75) is 13.3 Å². The van der Waals surface area contributed by atoms with Crippen molar-refractivity contribution in [3.8, 4) is 0 Å². The summed E-state index contributed by atoms with van der Waals surface area (Å²) in [5, 5.41) is 1.97. The van der Waals surface area contributed by atoms with Gasteiger partial charge in [0.1, 0.15) is 11.3 Å². The van der Waals surface area contributed by atoms with E-state index in [1.807, 2.05) is 43.0 Å². The van der Waals surface area contributed by atoms with E-state index >= 15 is 0 Å². The molecule has 5 heteroatoms. The highest BCUT2D eigenvalue weighted by molar-refractivity contribution is 6.17. The summed E-state index contributed by atoms with van der Waals surface area (Å²) < 4.78 is 2.00. The van der Waals surface area contributed by atoms with E-state index in [2.05, 4.69) is 9.97 Å². The lowest BCUT2D eigenvalue weighted by atomic mass is 10.3. The minimum absolute atomic E-state index is 0.566. The molecule has 2 aromatic heterocycles. The zero-order chi connectivity index (χ0) is 11.7. The smallest absolute Gasteiger partial charge is 0.179 e. The molecule has 0 amide bonds. The first-order valence-electron chi connectivity index (χ1n) is 5.21. The number of imidazole rings is 1. The Morgan fingerprint density at radius 1 is 1.44 bits per heavy atom. The van der Waals surface area contributed by atoms with Crippen LogP contribution in [0.15, 0.2) is 12.3 Å². The molecule has 0 fully saturated rings. The van der Waals surface area contributed by atoms with Gasteiger partial charge in [-0.2, -0.15) is 0 Å². The summed E-state index contributed by atoms with van der Waals surface area (Å²) in [6, 6.07) is 2.04. The Kier molecular flexibility index (Phi) is 3.01. The first kappa shape index (κ1) is 11.2. The summed E-state index contributed by atoms with van der Waals surface area (Å²) in [6.45, 7) is 2.02. The van der Waals surface area contributed by atoms with Crippen LogP contribution in [0.2, 0.25) is 0 Å². The maximum absolute atomic E-state index is 5.78. The van der Waals surface area contributed by atoms with Crippen LogP contribution in [0.25, 0.3) is 11.2 Å². The Balaban J connectivity index is 2.65. The van der Waals surface area contributed by atoms with E-state index in [0.29, 0.717) is 5.88 Å². The summed E-state index contributed by atoms with van der Waals surface area (Å²) >= 11 is 5.78. The van der Waals surface area contributed by atoms with Crippen LogP contribution in [0.3, 0.4) is 0 Å². The number of halogens is 1. The monoisotopic (exact) mass is 238 g/mol. The average Bonchev–Trinajstić information content (AvgIpc) is 2.55. The molecule has 0 N–H and O–H groups in total. The molecule has 86 valence electrons. The molecule has 0 atom stereocenters. The Morgan fingerprint density at radius 2 is 2.19 bits per heavy atom. The van der Waals surface area contributed by atoms with Gasteiger partial charge in [0.2, 0.25) is 0 Å². The molecule has 0 aliphatic heterocycles. The normalized spacial score (nSPS) is 11.0. The zero-order valence-corrected chi connectivity index (χ0v) is 10.5. The van der Waals surface area contributed by atoms with Gasteiger partial charge in [0.25, 0.3) is 0 Å². The maximum atomic E-state index is 5.78. The molecule has 4 nitrogen and oxygen atoms in total. The van der Waals surface area contributed by atoms with Crippen LogP contribution >= 0.6 is 11.6 Å². The number of hydrogen-bond acceptors (Lipinski definition) is 3. The number of pyridine rings is 1. The number of hydrogen-bond donors (Lipinski definition) is 0. The second-order valence-corrected chi connectivity index (χ2v) is 4.36. The fourth-order valence-corrected chi connectivity index (χ4v) is 1.94. The van der Waals surface area contributed by atoms with Gasteiger partial charge in [-0.05, 0) is 18.6 Å². The highest BCUT2D eigenvalue weighted by Gasteiger charge is 2.12. The minimum atomic E-state index is 0.566. The predicted molar refractivity (Wildman–Crippen MR) is 66.8 cm³/mol. The van der Waals surface area contributed by atoms with Gasteiger partial charge in [-0.25, -0.2) is 14.6 Å². The molecular formula is C11H15ClN4. The van der Waals surface area contributed by atoms with Crippen molar-refractivity contribution in [2.75, 3.05) is 25.0 Å². The van der Waals surface area contributed by atoms with Gasteiger partial charge in [-0.15, -0.1) is 11.6 Å². The van der Waals surface area contributed by atoms with Crippen molar-refractivity contribution in [2.24, 2.45) is 0 Å². The van der Waals surface area contributed by atoms with Crippen LogP contribution in [-0.2, 0) is 6.42 Å². The average molecular weight is 239 g/mol. The largest absolute Gasteiger partial charge is 0.316 e. The standard InChI is InChI=1S/C11H15ClN4/c1-8-6-9-11(13-7-8)16(15(2)3)10(14-9)4-5-12/h6-7H,4-5H2,1-3H3. The van der Waals surface area contributed by atoms with Crippen LogP contribution in [0.1, 0.15) is 11.4 Å². The SMILES string of the molecule is Cc1cnc2c(c1)nc(CCCl)n2N(C)C. The highest BCUT2D eigenvalue weighted by atomic mass is 35.5. The highest BCUT2D eigenvalue weighted by Crippen LogP contribution is 2.15. The Hall–Kier alpha value is -1.29. The molecule has 0 bridgehead atoms. The molecule has 0 aromatic carbocycles. The molecule has 0 saturated carbocycles. The molecule has 0 aliphatic rings. The fraction of sp³-hybridized carbons (Fsp3) is 0.455. The van der Waals surface area contributed by atoms with Crippen LogP contribution in [-0.4, -0.2) is 34.6 Å². The van der Waals surface area contributed by atoms with Crippen molar-refractivity contribution in [1.29, 1.82) is 0 Å². The Bertz CT molecular complexity index is 504. The van der Waals surface area contributed by atoms with Gasteiger partial charge < -0.3 is 5.01 Å². The Morgan fingerprint density at radius 3 is 2.81 bits per heavy atom. The van der Waals surface area contributed by atoms with Gasteiger partial charge in [0.15, 0.2) is 5.65 Å². The van der Waals surface area contributed by atoms with Crippen molar-refractivity contribution in [3.63, 3.8) is 0 Å². The maximum Gasteiger partial charge on any atom is 0.179 e. The second kappa shape index (κ2) is 4.29. The van der Waals surface area contributed by atoms with E-state index in [4.69, 9.17) is 11.6 Å². The molecule has 0 spiro atoms. The van der Waals surface area contributed by atoms with Crippen LogP contribution in [0, 0.1) is 6.92 Å². The molecule has 2 aromatic rings. The number of aromatic nitrogens is 3. The summed E-state index contributed by atoms with van der Waals surface area (Å²) in [4.78, 5) is 8.98. The zero-order valence-electron chi connectivity index (χ0n) is 9.74. The van der Waals surface area contributed by atoms with E-state index < -0.39 is 0 Å². The lowest BCUT2D eigenvalue weighted by Gasteiger charge is -2.16. The van der Waals surface area contributed by atoms with Gasteiger partial charge in [0, 0.05) is 32.6 Å². The first-order valence-corrected chi connectivity index (χ1v) is 5.74. The van der Waals surface area contributed by atoms with Crippen molar-refractivity contribution < 1.29 is 0 Å². The summed E-state index contributed by atoms with van der Waals surface area (Å²) in [5.74, 6) is 1.52. The lowest BCUT2D eigenvalue weighted by molar-refractivity contribution is 0.697. The number of rotatable bonds is 3. The molecule has 0 unspecified atom stereocenters. The van der Waals surface area contributed by atoms with Crippen molar-refractivity contribution in [3.05, 3.63) is 23.7 Å². The van der Waals surface area contributed by atoms with Crippen LogP contribution in [0.4, 0.5) is 0 Å². The predicted octanol–water partition coefficient (Wildman–Crippen LogP) is 1.72. The summed E-state index contributed by atoms with van der Waals surface area (Å²) in [5.41, 5.74) is 2.93. The molecule has 2 rings (SSSR count). The quantitative estimate of drug-likeness (QED) is 0.764. The van der Waals surface area contributed by atoms with Crippen molar-refractivity contribution >= 4 is 22.8 Å². The second-order valence-electron chi connectivity index (χ2n) is 3.98. The molecule has 2 heterocycles. The molecule has 0 saturated heterocycles. The molecule has 0 radical (unpaired) electrons. The third-order valence-electron chi connectivity index (χ3n) is 2.40. The van der Waals surface area contributed by atoms with Crippen molar-refractivity contribution in [1.82, 2.24) is 14.6 Å². The number of nitrogens with zero attached hydrogens (tertiary/aromatic N) is 4. The van der Waals surface area contributed by atoms with Crippen LogP contribution in [0.5, 0.6) is 0 Å². The van der Waals surface area contributed by atoms with Gasteiger partial charge in [0.05, 0.1) is 0 Å². The summed E-state index contributed by atoms with van der Waals surface area (Å²) in [6.07, 6.45) is 2.60. The van der Waals surface area contributed by atoms with Crippen LogP contribution < -0.4 is 5.01 Å². The Labute approximate surface area is 99.8 Å². The number of fused-ring (bicyclic) bond motifs is 1. The number of aryl methyl sites for hydroxylation is 2. The van der Waals surface area contributed by atoms with E-state index in [0.717, 1.165) is 29.0 Å². The van der Waals surface area contributed by atoms with Gasteiger partial charge >= 0.3 is 0 Å². The molecular weight excluding hydrogens is 224 g/mol. The first-order chi connectivity index (χ1) is 7.63. The van der Waals surface area contributed by atoms with E-state index in [1.54, 1.807) is 0 Å². The third kappa shape index (κ3) is 1.85. The topological polar surface area (TPSA) is 34.0 Å². The van der Waals surface area contributed by atoms with E-state index in [1.165, 1.54) is 0 Å². The minimum Gasteiger partial charge on any atom is -0.316 e. The molecule has 16 heavy (non-hydrogen) atoms. The summed E-state index contributed by atoms with van der Waals surface area (Å²) in [7, 11) is 3.95. The fourth-order valence-electron chi connectivity index (χ4n) is 1.77. The molecule has 0 aliphatic carbocycles. The van der Waals surface area contributed by atoms with E-state index in [9.17, 15) is 0 Å². The number of alkyl halides is 1. The lowest BCUT2D eigenvalue weighted by Crippen LogP contribution is -2.27. The van der Waals surface area contributed by atoms with Gasteiger partial charge in [-0.1, -0.05) is 0 Å². The van der Waals surface area contributed by atoms with Gasteiger partial charge in [-0.3, -0.25) is 0 Å².